The first kappa shape index (κ1) is 18.4. The Hall–Kier alpha value is -2.35. The van der Waals surface area contributed by atoms with Crippen LogP contribution in [0.3, 0.4) is 0 Å². The van der Waals surface area contributed by atoms with Gasteiger partial charge in [0.2, 0.25) is 0 Å². The van der Waals surface area contributed by atoms with E-state index in [-0.39, 0.29) is 11.6 Å². The third-order valence-corrected chi connectivity index (χ3v) is 4.57. The Morgan fingerprint density at radius 2 is 1.96 bits per heavy atom. The summed E-state index contributed by atoms with van der Waals surface area (Å²) >= 11 is 0. The average Bonchev–Trinajstić information content (AvgIpc) is 3.27. The minimum Gasteiger partial charge on any atom is -0.336 e. The summed E-state index contributed by atoms with van der Waals surface area (Å²) in [7, 11) is 0. The molecular weight excluding hydrogens is 330 g/mol. The van der Waals surface area contributed by atoms with Crippen molar-refractivity contribution in [1.82, 2.24) is 34.7 Å². The van der Waals surface area contributed by atoms with Gasteiger partial charge in [0.15, 0.2) is 0 Å². The molecule has 3 rings (SSSR count). The number of amides is 2. The van der Waals surface area contributed by atoms with Gasteiger partial charge in [-0.2, -0.15) is 10.2 Å². The molecule has 0 aliphatic carbocycles. The van der Waals surface area contributed by atoms with E-state index < -0.39 is 0 Å². The van der Waals surface area contributed by atoms with Gasteiger partial charge in [0.1, 0.15) is 0 Å². The van der Waals surface area contributed by atoms with Crippen molar-refractivity contribution in [2.75, 3.05) is 32.7 Å². The lowest BCUT2D eigenvalue weighted by atomic mass is 10.1. The molecule has 0 spiro atoms. The molecular formula is C18H29N7O. The molecule has 1 N–H and O–H groups in total. The fourth-order valence-corrected chi connectivity index (χ4v) is 3.00. The topological polar surface area (TPSA) is 71.2 Å². The standard InChI is InChI=1S/C18H29N7O/c1-18(2,3)25-15-16(13-21-25)14-22-9-11-23(12-10-22)17(26)19-6-8-24-7-4-5-20-24/h4-5,7,13,15H,6,8-12,14H2,1-3H3,(H,19,26). The molecule has 8 nitrogen and oxygen atoms in total. The number of urea groups is 1. The Balaban J connectivity index is 1.39. The van der Waals surface area contributed by atoms with Gasteiger partial charge in [-0.25, -0.2) is 4.79 Å². The van der Waals surface area contributed by atoms with E-state index in [0.717, 1.165) is 32.7 Å². The first-order chi connectivity index (χ1) is 12.4. The first-order valence-electron chi connectivity index (χ1n) is 9.18. The van der Waals surface area contributed by atoms with Crippen molar-refractivity contribution < 1.29 is 4.79 Å². The predicted molar refractivity (Wildman–Crippen MR) is 99.7 cm³/mol. The van der Waals surface area contributed by atoms with Crippen LogP contribution in [0.5, 0.6) is 0 Å². The third-order valence-electron chi connectivity index (χ3n) is 4.57. The van der Waals surface area contributed by atoms with Crippen LogP contribution >= 0.6 is 0 Å². The highest BCUT2D eigenvalue weighted by atomic mass is 16.2. The molecule has 0 radical (unpaired) electrons. The molecule has 1 saturated heterocycles. The number of piperazine rings is 1. The second-order valence-electron chi connectivity index (χ2n) is 7.73. The van der Waals surface area contributed by atoms with Crippen LogP contribution in [0, 0.1) is 0 Å². The lowest BCUT2D eigenvalue weighted by molar-refractivity contribution is 0.135. The number of carbonyl (C=O) groups excluding carboxylic acids is 1. The van der Waals surface area contributed by atoms with Crippen molar-refractivity contribution in [2.45, 2.75) is 39.4 Å². The van der Waals surface area contributed by atoms with E-state index in [1.807, 2.05) is 32.7 Å². The second-order valence-corrected chi connectivity index (χ2v) is 7.73. The lowest BCUT2D eigenvalue weighted by Crippen LogP contribution is -2.51. The number of nitrogens with zero attached hydrogens (tertiary/aromatic N) is 6. The molecule has 142 valence electrons. The molecule has 2 amide bonds. The summed E-state index contributed by atoms with van der Waals surface area (Å²) in [6.45, 7) is 11.9. The maximum atomic E-state index is 12.3. The second kappa shape index (κ2) is 7.90. The highest BCUT2D eigenvalue weighted by molar-refractivity contribution is 5.74. The summed E-state index contributed by atoms with van der Waals surface area (Å²) in [5.74, 6) is 0. The van der Waals surface area contributed by atoms with Crippen LogP contribution in [0.2, 0.25) is 0 Å². The highest BCUT2D eigenvalue weighted by Gasteiger charge is 2.22. The molecule has 0 unspecified atom stereocenters. The fourth-order valence-electron chi connectivity index (χ4n) is 3.00. The van der Waals surface area contributed by atoms with Gasteiger partial charge in [-0.1, -0.05) is 0 Å². The van der Waals surface area contributed by atoms with Gasteiger partial charge in [-0.15, -0.1) is 0 Å². The zero-order chi connectivity index (χ0) is 18.6. The summed E-state index contributed by atoms with van der Waals surface area (Å²) in [6.07, 6.45) is 7.70. The number of hydrogen-bond acceptors (Lipinski definition) is 4. The van der Waals surface area contributed by atoms with Crippen molar-refractivity contribution >= 4 is 6.03 Å². The number of carbonyl (C=O) groups is 1. The van der Waals surface area contributed by atoms with Crippen LogP contribution in [-0.4, -0.2) is 68.1 Å². The maximum Gasteiger partial charge on any atom is 0.317 e. The number of rotatable bonds is 5. The highest BCUT2D eigenvalue weighted by Crippen LogP contribution is 2.15. The van der Waals surface area contributed by atoms with E-state index >= 15 is 0 Å². The normalized spacial score (nSPS) is 16.0. The summed E-state index contributed by atoms with van der Waals surface area (Å²) in [4.78, 5) is 16.5. The van der Waals surface area contributed by atoms with Gasteiger partial charge in [0.25, 0.3) is 0 Å². The van der Waals surface area contributed by atoms with E-state index in [1.165, 1.54) is 5.56 Å². The number of aromatic nitrogens is 4. The molecule has 1 aliphatic rings. The molecule has 26 heavy (non-hydrogen) atoms. The van der Waals surface area contributed by atoms with Crippen molar-refractivity contribution in [3.8, 4) is 0 Å². The largest absolute Gasteiger partial charge is 0.336 e. The molecule has 2 aromatic heterocycles. The SMILES string of the molecule is CC(C)(C)n1cc(CN2CCN(C(=O)NCCn3cccn3)CC2)cn1. The van der Waals surface area contributed by atoms with E-state index in [2.05, 4.69) is 47.4 Å². The minimum atomic E-state index is 0.00517. The average molecular weight is 359 g/mol. The van der Waals surface area contributed by atoms with Crippen LogP contribution in [0.25, 0.3) is 0 Å². The molecule has 2 aromatic rings. The maximum absolute atomic E-state index is 12.3. The molecule has 3 heterocycles. The predicted octanol–water partition coefficient (Wildman–Crippen LogP) is 1.36. The Morgan fingerprint density at radius 1 is 1.19 bits per heavy atom. The van der Waals surface area contributed by atoms with Crippen molar-refractivity contribution in [1.29, 1.82) is 0 Å². The van der Waals surface area contributed by atoms with Crippen LogP contribution in [0.1, 0.15) is 26.3 Å². The minimum absolute atomic E-state index is 0.00517. The molecule has 8 heteroatoms. The van der Waals surface area contributed by atoms with Crippen molar-refractivity contribution in [3.63, 3.8) is 0 Å². The molecule has 0 aromatic carbocycles. The van der Waals surface area contributed by atoms with Crippen LogP contribution < -0.4 is 5.32 Å². The number of nitrogens with one attached hydrogen (secondary N) is 1. The van der Waals surface area contributed by atoms with Gasteiger partial charge in [-0.05, 0) is 26.8 Å². The Bertz CT molecular complexity index is 693. The fraction of sp³-hybridized carbons (Fsp3) is 0.611. The van der Waals surface area contributed by atoms with Gasteiger partial charge in [-0.3, -0.25) is 14.3 Å². The van der Waals surface area contributed by atoms with E-state index in [1.54, 1.807) is 6.20 Å². The number of hydrogen-bond donors (Lipinski definition) is 1. The monoisotopic (exact) mass is 359 g/mol. The summed E-state index contributed by atoms with van der Waals surface area (Å²) in [6, 6.07) is 1.89. The van der Waals surface area contributed by atoms with Crippen LogP contribution in [0.4, 0.5) is 4.79 Å². The Morgan fingerprint density at radius 3 is 2.58 bits per heavy atom. The quantitative estimate of drug-likeness (QED) is 0.875. The summed E-state index contributed by atoms with van der Waals surface area (Å²) in [5, 5.41) is 11.6. The zero-order valence-corrected chi connectivity index (χ0v) is 15.9. The Kier molecular flexibility index (Phi) is 5.61. The van der Waals surface area contributed by atoms with E-state index in [9.17, 15) is 4.79 Å². The van der Waals surface area contributed by atoms with Gasteiger partial charge in [0, 0.05) is 63.4 Å². The summed E-state index contributed by atoms with van der Waals surface area (Å²) < 4.78 is 3.82. The smallest absolute Gasteiger partial charge is 0.317 e. The van der Waals surface area contributed by atoms with Crippen LogP contribution in [0.15, 0.2) is 30.9 Å². The third kappa shape index (κ3) is 4.85. The lowest BCUT2D eigenvalue weighted by Gasteiger charge is -2.34. The van der Waals surface area contributed by atoms with Gasteiger partial charge < -0.3 is 10.2 Å². The van der Waals surface area contributed by atoms with E-state index in [0.29, 0.717) is 13.1 Å². The van der Waals surface area contributed by atoms with Crippen molar-refractivity contribution in [2.24, 2.45) is 0 Å². The molecule has 1 fully saturated rings. The first-order valence-corrected chi connectivity index (χ1v) is 9.18. The summed E-state index contributed by atoms with van der Waals surface area (Å²) in [5.41, 5.74) is 1.22. The van der Waals surface area contributed by atoms with E-state index in [4.69, 9.17) is 0 Å². The molecule has 1 aliphatic heterocycles. The molecule has 0 atom stereocenters. The van der Waals surface area contributed by atoms with Crippen molar-refractivity contribution in [3.05, 3.63) is 36.4 Å². The zero-order valence-electron chi connectivity index (χ0n) is 15.9. The van der Waals surface area contributed by atoms with Gasteiger partial charge >= 0.3 is 6.03 Å². The Labute approximate surface area is 154 Å². The molecule has 0 bridgehead atoms. The van der Waals surface area contributed by atoms with Crippen LogP contribution in [-0.2, 0) is 18.6 Å². The molecule has 0 saturated carbocycles. The van der Waals surface area contributed by atoms with Gasteiger partial charge in [0.05, 0.1) is 18.3 Å².